The molecule has 0 unspecified atom stereocenters. The van der Waals surface area contributed by atoms with Crippen molar-refractivity contribution in [3.63, 3.8) is 0 Å². The quantitative estimate of drug-likeness (QED) is 0.898. The summed E-state index contributed by atoms with van der Waals surface area (Å²) >= 11 is 0. The first-order valence-electron chi connectivity index (χ1n) is 6.48. The molecular formula is C14H20F2N2. The highest BCUT2D eigenvalue weighted by molar-refractivity contribution is 5.47. The van der Waals surface area contributed by atoms with Crippen LogP contribution in [0, 0.1) is 17.6 Å². The summed E-state index contributed by atoms with van der Waals surface area (Å²) in [5, 5.41) is 0. The van der Waals surface area contributed by atoms with E-state index < -0.39 is 11.6 Å². The Kier molecular flexibility index (Phi) is 4.17. The largest absolute Gasteiger partial charge is 0.372 e. The fourth-order valence-corrected chi connectivity index (χ4v) is 2.65. The number of hydrogen-bond acceptors (Lipinski definition) is 2. The van der Waals surface area contributed by atoms with Crippen LogP contribution in [0.2, 0.25) is 0 Å². The second-order valence-electron chi connectivity index (χ2n) is 5.26. The van der Waals surface area contributed by atoms with Crippen molar-refractivity contribution >= 4 is 5.69 Å². The minimum Gasteiger partial charge on any atom is -0.372 e. The fourth-order valence-electron chi connectivity index (χ4n) is 2.65. The van der Waals surface area contributed by atoms with E-state index in [1.165, 1.54) is 12.1 Å². The zero-order chi connectivity index (χ0) is 13.1. The maximum atomic E-state index is 13.6. The second kappa shape index (κ2) is 5.65. The van der Waals surface area contributed by atoms with Crippen molar-refractivity contribution in [1.29, 1.82) is 0 Å². The Labute approximate surface area is 107 Å². The number of nitrogens with zero attached hydrogens (tertiary/aromatic N) is 1. The van der Waals surface area contributed by atoms with Gasteiger partial charge in [0, 0.05) is 25.7 Å². The first kappa shape index (κ1) is 13.3. The predicted octanol–water partition coefficient (Wildman–Crippen LogP) is 2.92. The molecule has 0 atom stereocenters. The van der Waals surface area contributed by atoms with Crippen LogP contribution in [-0.2, 0) is 0 Å². The van der Waals surface area contributed by atoms with Gasteiger partial charge in [0.15, 0.2) is 0 Å². The normalized spacial score (nSPS) is 24.0. The van der Waals surface area contributed by atoms with Gasteiger partial charge in [-0.1, -0.05) is 0 Å². The van der Waals surface area contributed by atoms with Gasteiger partial charge in [-0.3, -0.25) is 0 Å². The summed E-state index contributed by atoms with van der Waals surface area (Å²) in [5.41, 5.74) is 6.33. The molecule has 0 saturated heterocycles. The van der Waals surface area contributed by atoms with E-state index in [1.54, 1.807) is 0 Å². The zero-order valence-electron chi connectivity index (χ0n) is 10.7. The molecule has 0 radical (unpaired) electrons. The molecule has 1 fully saturated rings. The van der Waals surface area contributed by atoms with Gasteiger partial charge in [-0.05, 0) is 43.7 Å². The fraction of sp³-hybridized carbons (Fsp3) is 0.571. The molecule has 0 aromatic heterocycles. The molecule has 2 rings (SSSR count). The Balaban J connectivity index is 1.97. The average Bonchev–Trinajstić information content (AvgIpc) is 2.32. The third kappa shape index (κ3) is 3.19. The predicted molar refractivity (Wildman–Crippen MR) is 69.6 cm³/mol. The molecule has 1 aliphatic carbocycles. The Morgan fingerprint density at radius 1 is 1.22 bits per heavy atom. The van der Waals surface area contributed by atoms with Crippen molar-refractivity contribution in [2.75, 3.05) is 18.5 Å². The summed E-state index contributed by atoms with van der Waals surface area (Å²) in [4.78, 5) is 1.87. The maximum Gasteiger partial charge on any atom is 0.149 e. The minimum atomic E-state index is -0.534. The molecule has 1 aromatic rings. The molecule has 0 bridgehead atoms. The zero-order valence-corrected chi connectivity index (χ0v) is 10.7. The highest BCUT2D eigenvalue weighted by Gasteiger charge is 2.20. The van der Waals surface area contributed by atoms with Gasteiger partial charge in [0.25, 0.3) is 0 Å². The molecule has 0 spiro atoms. The lowest BCUT2D eigenvalue weighted by Gasteiger charge is -2.30. The first-order chi connectivity index (χ1) is 8.56. The Hall–Kier alpha value is -1.16. The van der Waals surface area contributed by atoms with Crippen LogP contribution in [0.5, 0.6) is 0 Å². The number of halogens is 2. The number of benzene rings is 1. The van der Waals surface area contributed by atoms with Crippen LogP contribution in [0.15, 0.2) is 18.2 Å². The molecule has 1 aliphatic rings. The van der Waals surface area contributed by atoms with E-state index >= 15 is 0 Å². The molecule has 0 aliphatic heterocycles. The third-order valence-electron chi connectivity index (χ3n) is 3.74. The Bertz CT molecular complexity index is 401. The SMILES string of the molecule is CN(CC1CCC(N)CC1)c1ccc(F)cc1F. The molecule has 0 heterocycles. The monoisotopic (exact) mass is 254 g/mol. The average molecular weight is 254 g/mol. The lowest BCUT2D eigenvalue weighted by molar-refractivity contribution is 0.329. The highest BCUT2D eigenvalue weighted by Crippen LogP contribution is 2.26. The molecule has 1 saturated carbocycles. The smallest absolute Gasteiger partial charge is 0.149 e. The van der Waals surface area contributed by atoms with Crippen LogP contribution in [0.4, 0.5) is 14.5 Å². The molecule has 4 heteroatoms. The van der Waals surface area contributed by atoms with Crippen LogP contribution < -0.4 is 10.6 Å². The molecule has 0 amide bonds. The topological polar surface area (TPSA) is 29.3 Å². The van der Waals surface area contributed by atoms with Crippen LogP contribution in [0.3, 0.4) is 0 Å². The minimum absolute atomic E-state index is 0.328. The summed E-state index contributed by atoms with van der Waals surface area (Å²) in [6.07, 6.45) is 4.28. The van der Waals surface area contributed by atoms with Crippen molar-refractivity contribution in [2.24, 2.45) is 11.7 Å². The molecule has 100 valence electrons. The van der Waals surface area contributed by atoms with Crippen LogP contribution >= 0.6 is 0 Å². The summed E-state index contributed by atoms with van der Waals surface area (Å²) in [5.74, 6) is -0.474. The van der Waals surface area contributed by atoms with E-state index in [0.717, 1.165) is 38.3 Å². The summed E-state index contributed by atoms with van der Waals surface area (Å²) in [6.45, 7) is 0.801. The number of hydrogen-bond donors (Lipinski definition) is 1. The van der Waals surface area contributed by atoms with Crippen LogP contribution in [0.25, 0.3) is 0 Å². The highest BCUT2D eigenvalue weighted by atomic mass is 19.1. The van der Waals surface area contributed by atoms with Crippen LogP contribution in [-0.4, -0.2) is 19.6 Å². The standard InChI is InChI=1S/C14H20F2N2/c1-18(9-10-2-5-12(17)6-3-10)14-7-4-11(15)8-13(14)16/h4,7-8,10,12H,2-3,5-6,9,17H2,1H3. The van der Waals surface area contributed by atoms with Gasteiger partial charge >= 0.3 is 0 Å². The second-order valence-corrected chi connectivity index (χ2v) is 5.26. The van der Waals surface area contributed by atoms with Crippen LogP contribution in [0.1, 0.15) is 25.7 Å². The lowest BCUT2D eigenvalue weighted by Crippen LogP contribution is -2.33. The van der Waals surface area contributed by atoms with Gasteiger partial charge < -0.3 is 10.6 Å². The van der Waals surface area contributed by atoms with Crippen molar-refractivity contribution < 1.29 is 8.78 Å². The summed E-state index contributed by atoms with van der Waals surface area (Å²) in [6, 6.07) is 4.06. The Morgan fingerprint density at radius 2 is 1.89 bits per heavy atom. The Morgan fingerprint density at radius 3 is 2.50 bits per heavy atom. The van der Waals surface area contributed by atoms with Crippen molar-refractivity contribution in [2.45, 2.75) is 31.7 Å². The van der Waals surface area contributed by atoms with Gasteiger partial charge in [-0.25, -0.2) is 8.78 Å². The number of nitrogens with two attached hydrogens (primary N) is 1. The molecular weight excluding hydrogens is 234 g/mol. The van der Waals surface area contributed by atoms with Crippen molar-refractivity contribution in [1.82, 2.24) is 0 Å². The first-order valence-corrected chi connectivity index (χ1v) is 6.48. The third-order valence-corrected chi connectivity index (χ3v) is 3.74. The van der Waals surface area contributed by atoms with E-state index in [-0.39, 0.29) is 0 Å². The van der Waals surface area contributed by atoms with E-state index in [9.17, 15) is 8.78 Å². The van der Waals surface area contributed by atoms with Crippen molar-refractivity contribution in [3.8, 4) is 0 Å². The molecule has 2 N–H and O–H groups in total. The molecule has 18 heavy (non-hydrogen) atoms. The van der Waals surface area contributed by atoms with Crippen molar-refractivity contribution in [3.05, 3.63) is 29.8 Å². The van der Waals surface area contributed by atoms with E-state index in [2.05, 4.69) is 0 Å². The van der Waals surface area contributed by atoms with E-state index in [1.807, 2.05) is 11.9 Å². The summed E-state index contributed by atoms with van der Waals surface area (Å²) in [7, 11) is 1.85. The maximum absolute atomic E-state index is 13.6. The number of rotatable bonds is 3. The molecule has 1 aromatic carbocycles. The number of anilines is 1. The van der Waals surface area contributed by atoms with E-state index in [0.29, 0.717) is 17.6 Å². The van der Waals surface area contributed by atoms with Gasteiger partial charge in [-0.15, -0.1) is 0 Å². The van der Waals surface area contributed by atoms with Gasteiger partial charge in [0.1, 0.15) is 11.6 Å². The van der Waals surface area contributed by atoms with Gasteiger partial charge in [-0.2, -0.15) is 0 Å². The molecule has 2 nitrogen and oxygen atoms in total. The van der Waals surface area contributed by atoms with Gasteiger partial charge in [0.2, 0.25) is 0 Å². The van der Waals surface area contributed by atoms with Gasteiger partial charge in [0.05, 0.1) is 5.69 Å². The summed E-state index contributed by atoms with van der Waals surface area (Å²) < 4.78 is 26.5. The van der Waals surface area contributed by atoms with E-state index in [4.69, 9.17) is 5.73 Å². The lowest BCUT2D eigenvalue weighted by atomic mass is 9.86.